The number of nitrogens with one attached hydrogen (secondary N) is 1. The number of sulfonamides is 1. The summed E-state index contributed by atoms with van der Waals surface area (Å²) in [7, 11) is -2.37. The van der Waals surface area contributed by atoms with Crippen LogP contribution in [0.4, 0.5) is 21.5 Å². The summed E-state index contributed by atoms with van der Waals surface area (Å²) in [6, 6.07) is 8.09. The van der Waals surface area contributed by atoms with Gasteiger partial charge in [0.1, 0.15) is 11.6 Å². The van der Waals surface area contributed by atoms with Crippen LogP contribution in [0.15, 0.2) is 41.3 Å². The molecule has 112 valence electrons. The Bertz CT molecular complexity index is 778. The lowest BCUT2D eigenvalue weighted by atomic mass is 10.2. The minimum Gasteiger partial charge on any atom is -0.497 e. The molecule has 0 spiro atoms. The summed E-state index contributed by atoms with van der Waals surface area (Å²) in [5, 5.41) is 7.79. The molecule has 0 aromatic heterocycles. The van der Waals surface area contributed by atoms with E-state index in [9.17, 15) is 12.8 Å². The van der Waals surface area contributed by atoms with Gasteiger partial charge in [-0.1, -0.05) is 0 Å². The van der Waals surface area contributed by atoms with Gasteiger partial charge in [0, 0.05) is 6.07 Å². The summed E-state index contributed by atoms with van der Waals surface area (Å²) >= 11 is 0. The van der Waals surface area contributed by atoms with E-state index < -0.39 is 15.8 Å². The van der Waals surface area contributed by atoms with Crippen molar-refractivity contribution in [1.29, 1.82) is 0 Å². The fourth-order valence-corrected chi connectivity index (χ4v) is 2.25. The highest BCUT2D eigenvalue weighted by molar-refractivity contribution is 7.89. The molecule has 0 saturated heterocycles. The second-order valence-electron chi connectivity index (χ2n) is 4.26. The number of hydrogen-bond donors (Lipinski definition) is 3. The van der Waals surface area contributed by atoms with Gasteiger partial charge in [-0.05, 0) is 30.3 Å². The zero-order chi connectivity index (χ0) is 15.6. The maximum Gasteiger partial charge on any atom is 0.238 e. The monoisotopic (exact) mass is 311 g/mol. The number of hydrogen-bond acceptors (Lipinski definition) is 5. The molecule has 0 aliphatic carbocycles. The van der Waals surface area contributed by atoms with Crippen molar-refractivity contribution in [2.75, 3.05) is 18.2 Å². The van der Waals surface area contributed by atoms with E-state index >= 15 is 0 Å². The molecule has 0 aliphatic rings. The lowest BCUT2D eigenvalue weighted by molar-refractivity contribution is 0.414. The van der Waals surface area contributed by atoms with E-state index in [0.717, 1.165) is 0 Å². The van der Waals surface area contributed by atoms with Crippen molar-refractivity contribution in [3.8, 4) is 5.75 Å². The summed E-state index contributed by atoms with van der Waals surface area (Å²) in [5.41, 5.74) is 6.39. The van der Waals surface area contributed by atoms with Crippen LogP contribution in [0.2, 0.25) is 0 Å². The van der Waals surface area contributed by atoms with Crippen LogP contribution in [0, 0.1) is 5.82 Å². The van der Waals surface area contributed by atoms with Gasteiger partial charge in [-0.3, -0.25) is 0 Å². The fourth-order valence-electron chi connectivity index (χ4n) is 1.70. The number of primary sulfonamides is 1. The first-order valence-corrected chi connectivity index (χ1v) is 7.39. The molecule has 0 radical (unpaired) electrons. The SMILES string of the molecule is COc1ccc(F)c(Nc2ccc(S(N)(=O)=O)cc2N)c1. The zero-order valence-corrected chi connectivity index (χ0v) is 11.9. The molecule has 8 heteroatoms. The molecule has 0 unspecified atom stereocenters. The standard InChI is InChI=1S/C13H14FN3O3S/c1-20-8-2-4-10(14)13(6-8)17-12-5-3-9(7-11(12)15)21(16,18)19/h2-7,17H,15H2,1H3,(H2,16,18,19). The van der Waals surface area contributed by atoms with Crippen LogP contribution in [0.5, 0.6) is 5.75 Å². The van der Waals surface area contributed by atoms with E-state index in [1.165, 1.54) is 43.5 Å². The maximum atomic E-state index is 13.7. The first-order chi connectivity index (χ1) is 9.81. The van der Waals surface area contributed by atoms with Gasteiger partial charge in [0.15, 0.2) is 0 Å². The average Bonchev–Trinajstić information content (AvgIpc) is 2.42. The Morgan fingerprint density at radius 1 is 1.14 bits per heavy atom. The van der Waals surface area contributed by atoms with Gasteiger partial charge < -0.3 is 15.8 Å². The number of halogens is 1. The van der Waals surface area contributed by atoms with Gasteiger partial charge in [0.2, 0.25) is 10.0 Å². The van der Waals surface area contributed by atoms with Gasteiger partial charge in [0.05, 0.1) is 29.1 Å². The van der Waals surface area contributed by atoms with Gasteiger partial charge in [-0.15, -0.1) is 0 Å². The topological polar surface area (TPSA) is 107 Å². The number of ether oxygens (including phenoxy) is 1. The molecule has 2 aromatic rings. The number of rotatable bonds is 4. The summed E-state index contributed by atoms with van der Waals surface area (Å²) in [6.07, 6.45) is 0. The highest BCUT2D eigenvalue weighted by Crippen LogP contribution is 2.29. The van der Waals surface area contributed by atoms with Crippen molar-refractivity contribution in [3.63, 3.8) is 0 Å². The Balaban J connectivity index is 2.36. The number of anilines is 3. The number of nitrogen functional groups attached to an aromatic ring is 1. The van der Waals surface area contributed by atoms with Crippen LogP contribution in [0.1, 0.15) is 0 Å². The van der Waals surface area contributed by atoms with Gasteiger partial charge in [-0.2, -0.15) is 0 Å². The average molecular weight is 311 g/mol. The van der Waals surface area contributed by atoms with Gasteiger partial charge >= 0.3 is 0 Å². The van der Waals surface area contributed by atoms with Crippen LogP contribution < -0.4 is 20.9 Å². The summed E-state index contributed by atoms with van der Waals surface area (Å²) in [5.74, 6) is -0.0237. The molecule has 0 saturated carbocycles. The maximum absolute atomic E-state index is 13.7. The molecular weight excluding hydrogens is 297 g/mol. The van der Waals surface area contributed by atoms with Crippen molar-refractivity contribution >= 4 is 27.1 Å². The molecule has 5 N–H and O–H groups in total. The second kappa shape index (κ2) is 5.58. The highest BCUT2D eigenvalue weighted by atomic mass is 32.2. The lowest BCUT2D eigenvalue weighted by Crippen LogP contribution is -2.12. The molecule has 0 aliphatic heterocycles. The van der Waals surface area contributed by atoms with E-state index in [0.29, 0.717) is 11.4 Å². The quantitative estimate of drug-likeness (QED) is 0.746. The Kier molecular flexibility index (Phi) is 4.01. The molecule has 21 heavy (non-hydrogen) atoms. The van der Waals surface area contributed by atoms with E-state index in [2.05, 4.69) is 5.32 Å². The molecule has 0 bridgehead atoms. The van der Waals surface area contributed by atoms with Gasteiger partial charge in [0.25, 0.3) is 0 Å². The highest BCUT2D eigenvalue weighted by Gasteiger charge is 2.11. The first-order valence-electron chi connectivity index (χ1n) is 5.84. The molecule has 0 heterocycles. The van der Waals surface area contributed by atoms with Crippen LogP contribution in [0.25, 0.3) is 0 Å². The number of methoxy groups -OCH3 is 1. The third kappa shape index (κ3) is 3.41. The molecule has 0 atom stereocenters. The van der Waals surface area contributed by atoms with Crippen LogP contribution >= 0.6 is 0 Å². The molecule has 2 rings (SSSR count). The minimum atomic E-state index is -3.84. The predicted molar refractivity (Wildman–Crippen MR) is 78.5 cm³/mol. The van der Waals surface area contributed by atoms with Crippen molar-refractivity contribution in [1.82, 2.24) is 0 Å². The van der Waals surface area contributed by atoms with E-state index in [4.69, 9.17) is 15.6 Å². The predicted octanol–water partition coefficient (Wildman–Crippen LogP) is 1.81. The van der Waals surface area contributed by atoms with Crippen molar-refractivity contribution in [2.45, 2.75) is 4.90 Å². The van der Waals surface area contributed by atoms with Gasteiger partial charge in [-0.25, -0.2) is 17.9 Å². The Labute approximate surface area is 121 Å². The Morgan fingerprint density at radius 2 is 1.86 bits per heavy atom. The van der Waals surface area contributed by atoms with Crippen LogP contribution in [-0.4, -0.2) is 15.5 Å². The van der Waals surface area contributed by atoms with E-state index in [1.54, 1.807) is 0 Å². The van der Waals surface area contributed by atoms with E-state index in [1.807, 2.05) is 0 Å². The first kappa shape index (κ1) is 15.1. The summed E-state index contributed by atoms with van der Waals surface area (Å²) < 4.78 is 41.2. The van der Waals surface area contributed by atoms with Crippen molar-refractivity contribution < 1.29 is 17.5 Å². The molecule has 0 fully saturated rings. The van der Waals surface area contributed by atoms with Crippen molar-refractivity contribution in [3.05, 3.63) is 42.2 Å². The van der Waals surface area contributed by atoms with Crippen molar-refractivity contribution in [2.24, 2.45) is 5.14 Å². The summed E-state index contributed by atoms with van der Waals surface area (Å²) in [6.45, 7) is 0. The Morgan fingerprint density at radius 3 is 2.43 bits per heavy atom. The van der Waals surface area contributed by atoms with Crippen LogP contribution in [0.3, 0.4) is 0 Å². The van der Waals surface area contributed by atoms with Crippen LogP contribution in [-0.2, 0) is 10.0 Å². The molecule has 2 aromatic carbocycles. The number of benzene rings is 2. The lowest BCUT2D eigenvalue weighted by Gasteiger charge is -2.12. The normalized spacial score (nSPS) is 11.2. The largest absolute Gasteiger partial charge is 0.497 e. The Hall–Kier alpha value is -2.32. The minimum absolute atomic E-state index is 0.114. The smallest absolute Gasteiger partial charge is 0.238 e. The van der Waals surface area contributed by atoms with E-state index in [-0.39, 0.29) is 16.3 Å². The second-order valence-corrected chi connectivity index (χ2v) is 5.83. The fraction of sp³-hybridized carbons (Fsp3) is 0.0769. The third-order valence-electron chi connectivity index (χ3n) is 2.79. The molecular formula is C13H14FN3O3S. The zero-order valence-electron chi connectivity index (χ0n) is 11.1. The number of nitrogens with two attached hydrogens (primary N) is 2. The molecule has 0 amide bonds. The summed E-state index contributed by atoms with van der Waals surface area (Å²) in [4.78, 5) is -0.114. The molecule has 6 nitrogen and oxygen atoms in total. The third-order valence-corrected chi connectivity index (χ3v) is 3.71.